The lowest BCUT2D eigenvalue weighted by Gasteiger charge is -2.26. The summed E-state index contributed by atoms with van der Waals surface area (Å²) >= 11 is 6.02. The van der Waals surface area contributed by atoms with Gasteiger partial charge in [-0.15, -0.1) is 0 Å². The Morgan fingerprint density at radius 3 is 2.57 bits per heavy atom. The van der Waals surface area contributed by atoms with Crippen LogP contribution in [0.2, 0.25) is 5.15 Å². The molecule has 0 radical (unpaired) electrons. The van der Waals surface area contributed by atoms with Crippen molar-refractivity contribution >= 4 is 32.5 Å². The second-order valence-corrected chi connectivity index (χ2v) is 6.91. The van der Waals surface area contributed by atoms with Crippen molar-refractivity contribution in [1.29, 1.82) is 0 Å². The van der Waals surface area contributed by atoms with Gasteiger partial charge in [0, 0.05) is 18.5 Å². The summed E-state index contributed by atoms with van der Waals surface area (Å²) in [7, 11) is -3.94. The molecule has 0 saturated carbocycles. The van der Waals surface area contributed by atoms with Crippen LogP contribution < -0.4 is 5.43 Å². The number of rotatable bonds is 2. The first-order valence-electron chi connectivity index (χ1n) is 6.40. The number of aromatic amines is 1. The Balaban J connectivity index is 2.22. The molecule has 112 valence electrons. The van der Waals surface area contributed by atoms with Crippen molar-refractivity contribution in [3.8, 4) is 0 Å². The minimum Gasteiger partial charge on any atom is -0.379 e. The largest absolute Gasteiger partial charge is 0.379 e. The Hall–Kier alpha value is -1.41. The van der Waals surface area contributed by atoms with E-state index in [1.165, 1.54) is 4.31 Å². The van der Waals surface area contributed by atoms with Gasteiger partial charge in [-0.05, 0) is 12.1 Å². The van der Waals surface area contributed by atoms with Crippen molar-refractivity contribution in [2.75, 3.05) is 26.3 Å². The van der Waals surface area contributed by atoms with Gasteiger partial charge in [-0.1, -0.05) is 23.7 Å². The van der Waals surface area contributed by atoms with Gasteiger partial charge in [0.05, 0.1) is 18.7 Å². The number of fused-ring (bicyclic) bond motifs is 1. The van der Waals surface area contributed by atoms with Gasteiger partial charge in [0.2, 0.25) is 15.5 Å². The Morgan fingerprint density at radius 1 is 1.19 bits per heavy atom. The lowest BCUT2D eigenvalue weighted by atomic mass is 10.2. The van der Waals surface area contributed by atoms with Crippen LogP contribution in [0, 0.1) is 0 Å². The van der Waals surface area contributed by atoms with E-state index in [4.69, 9.17) is 16.3 Å². The molecule has 1 N–H and O–H groups in total. The minimum atomic E-state index is -3.94. The zero-order chi connectivity index (χ0) is 15.0. The molecule has 2 aromatic rings. The van der Waals surface area contributed by atoms with Gasteiger partial charge in [-0.3, -0.25) is 4.79 Å². The van der Waals surface area contributed by atoms with Crippen molar-refractivity contribution in [3.05, 3.63) is 39.6 Å². The van der Waals surface area contributed by atoms with Crippen molar-refractivity contribution in [2.24, 2.45) is 0 Å². The summed E-state index contributed by atoms with van der Waals surface area (Å²) in [6.45, 7) is 1.04. The highest BCUT2D eigenvalue weighted by Crippen LogP contribution is 2.23. The molecule has 0 unspecified atom stereocenters. The lowest BCUT2D eigenvalue weighted by Crippen LogP contribution is -2.42. The van der Waals surface area contributed by atoms with Gasteiger partial charge >= 0.3 is 0 Å². The van der Waals surface area contributed by atoms with Crippen LogP contribution in [0.3, 0.4) is 0 Å². The minimum absolute atomic E-state index is 0.162. The number of sulfonamides is 1. The van der Waals surface area contributed by atoms with E-state index in [-0.39, 0.29) is 18.2 Å². The average molecular weight is 329 g/mol. The van der Waals surface area contributed by atoms with Crippen molar-refractivity contribution in [1.82, 2.24) is 9.29 Å². The van der Waals surface area contributed by atoms with Crippen LogP contribution in [0.15, 0.2) is 34.0 Å². The molecule has 1 saturated heterocycles. The Labute approximate surface area is 126 Å². The summed E-state index contributed by atoms with van der Waals surface area (Å²) in [5.74, 6) is 0. The number of benzene rings is 1. The molecule has 0 aliphatic carbocycles. The topological polar surface area (TPSA) is 79.5 Å². The molecular formula is C13H13ClN2O4S. The number of morpholine rings is 1. The third-order valence-corrected chi connectivity index (χ3v) is 5.74. The molecule has 21 heavy (non-hydrogen) atoms. The molecule has 1 aromatic heterocycles. The van der Waals surface area contributed by atoms with E-state index in [1.54, 1.807) is 24.3 Å². The second kappa shape index (κ2) is 5.42. The van der Waals surface area contributed by atoms with Crippen LogP contribution in [-0.2, 0) is 14.8 Å². The average Bonchev–Trinajstić information content (AvgIpc) is 2.48. The number of nitrogens with one attached hydrogen (secondary N) is 1. The molecule has 2 heterocycles. The molecule has 8 heteroatoms. The molecule has 1 fully saturated rings. The summed E-state index contributed by atoms with van der Waals surface area (Å²) in [6, 6.07) is 6.66. The molecule has 0 amide bonds. The summed E-state index contributed by atoms with van der Waals surface area (Å²) in [5, 5.41) is 0.138. The normalized spacial score (nSPS) is 17.2. The maximum atomic E-state index is 12.6. The molecule has 0 bridgehead atoms. The quantitative estimate of drug-likeness (QED) is 0.840. The number of hydrogen-bond acceptors (Lipinski definition) is 4. The predicted molar refractivity (Wildman–Crippen MR) is 79.2 cm³/mol. The second-order valence-electron chi connectivity index (χ2n) is 4.66. The molecule has 1 aliphatic rings. The number of H-pyrrole nitrogens is 1. The maximum absolute atomic E-state index is 12.6. The van der Waals surface area contributed by atoms with Gasteiger partial charge in [0.25, 0.3) is 0 Å². The van der Waals surface area contributed by atoms with Crippen LogP contribution in [-0.4, -0.2) is 44.0 Å². The zero-order valence-electron chi connectivity index (χ0n) is 11.0. The molecule has 0 spiro atoms. The smallest absolute Gasteiger partial charge is 0.250 e. The number of hydrogen-bond donors (Lipinski definition) is 1. The first-order valence-corrected chi connectivity index (χ1v) is 8.22. The lowest BCUT2D eigenvalue weighted by molar-refractivity contribution is 0.0730. The van der Waals surface area contributed by atoms with Crippen molar-refractivity contribution < 1.29 is 13.2 Å². The highest BCUT2D eigenvalue weighted by Gasteiger charge is 2.31. The van der Waals surface area contributed by atoms with Crippen molar-refractivity contribution in [2.45, 2.75) is 4.90 Å². The number of pyridine rings is 1. The molecule has 1 aromatic carbocycles. The molecule has 1 aliphatic heterocycles. The monoisotopic (exact) mass is 328 g/mol. The van der Waals surface area contributed by atoms with Crippen LogP contribution in [0.4, 0.5) is 0 Å². The summed E-state index contributed by atoms with van der Waals surface area (Å²) in [6.07, 6.45) is 0. The Morgan fingerprint density at radius 2 is 1.86 bits per heavy atom. The van der Waals surface area contributed by atoms with E-state index in [1.807, 2.05) is 0 Å². The fraction of sp³-hybridized carbons (Fsp3) is 0.308. The van der Waals surface area contributed by atoms with E-state index >= 15 is 0 Å². The van der Waals surface area contributed by atoms with Gasteiger partial charge in [0.1, 0.15) is 5.15 Å². The fourth-order valence-electron chi connectivity index (χ4n) is 2.33. The number of halogens is 1. The Bertz CT molecular complexity index is 841. The molecule has 0 atom stereocenters. The Kier molecular flexibility index (Phi) is 3.75. The van der Waals surface area contributed by atoms with Gasteiger partial charge in [-0.2, -0.15) is 4.31 Å². The van der Waals surface area contributed by atoms with E-state index in [0.717, 1.165) is 0 Å². The molecular weight excluding hydrogens is 316 g/mol. The van der Waals surface area contributed by atoms with Crippen molar-refractivity contribution in [3.63, 3.8) is 0 Å². The highest BCUT2D eigenvalue weighted by molar-refractivity contribution is 7.89. The van der Waals surface area contributed by atoms with Crippen LogP contribution >= 0.6 is 11.6 Å². The highest BCUT2D eigenvalue weighted by atomic mass is 35.5. The van der Waals surface area contributed by atoms with Crippen LogP contribution in [0.1, 0.15) is 0 Å². The number of ether oxygens (including phenoxy) is 1. The fourth-order valence-corrected chi connectivity index (χ4v) is 4.32. The third kappa shape index (κ3) is 2.46. The third-order valence-electron chi connectivity index (χ3n) is 3.39. The maximum Gasteiger partial charge on any atom is 0.250 e. The number of nitrogens with zero attached hydrogens (tertiary/aromatic N) is 1. The molecule has 3 rings (SSSR count). The predicted octanol–water partition coefficient (Wildman–Crippen LogP) is 1.20. The van der Waals surface area contributed by atoms with Crippen LogP contribution in [0.5, 0.6) is 0 Å². The van der Waals surface area contributed by atoms with Gasteiger partial charge in [0.15, 0.2) is 4.90 Å². The zero-order valence-corrected chi connectivity index (χ0v) is 12.6. The van der Waals surface area contributed by atoms with E-state index < -0.39 is 20.3 Å². The van der Waals surface area contributed by atoms with Crippen LogP contribution in [0.25, 0.3) is 10.9 Å². The summed E-state index contributed by atoms with van der Waals surface area (Å²) in [4.78, 5) is 14.9. The SMILES string of the molecule is O=c1c(S(=O)(=O)N2CCOCC2)c(Cl)[nH]c2ccccc12. The standard InChI is InChI=1S/C13H13ClN2O4S/c14-13-12(21(18,19)16-5-7-20-8-6-16)11(17)9-3-1-2-4-10(9)15-13/h1-4H,5-8H2,(H,15,17). The van der Waals surface area contributed by atoms with E-state index in [9.17, 15) is 13.2 Å². The first-order chi connectivity index (χ1) is 10.0. The van der Waals surface area contributed by atoms with E-state index in [0.29, 0.717) is 24.1 Å². The number of para-hydroxylation sites is 1. The summed E-state index contributed by atoms with van der Waals surface area (Å²) in [5.41, 5.74) is -0.0748. The van der Waals surface area contributed by atoms with E-state index in [2.05, 4.69) is 4.98 Å². The van der Waals surface area contributed by atoms with Gasteiger partial charge in [-0.25, -0.2) is 8.42 Å². The molecule has 6 nitrogen and oxygen atoms in total. The number of aromatic nitrogens is 1. The first kappa shape index (κ1) is 14.5. The van der Waals surface area contributed by atoms with Gasteiger partial charge < -0.3 is 9.72 Å². The summed E-state index contributed by atoms with van der Waals surface area (Å²) < 4.78 is 31.6.